The highest BCUT2D eigenvalue weighted by atomic mass is 32.1. The summed E-state index contributed by atoms with van der Waals surface area (Å²) in [6.45, 7) is 0. The third-order valence-corrected chi connectivity index (χ3v) is 4.56. The Hall–Kier alpha value is -2.99. The zero-order valence-corrected chi connectivity index (χ0v) is 13.6. The molecule has 0 aliphatic heterocycles. The summed E-state index contributed by atoms with van der Waals surface area (Å²) in [6, 6.07) is 10.8. The van der Waals surface area contributed by atoms with Crippen molar-refractivity contribution in [1.29, 1.82) is 0 Å². The lowest BCUT2D eigenvalue weighted by Crippen LogP contribution is -1.92. The maximum Gasteiger partial charge on any atom is 0.173 e. The summed E-state index contributed by atoms with van der Waals surface area (Å²) in [5.41, 5.74) is 4.39. The van der Waals surface area contributed by atoms with Gasteiger partial charge in [-0.1, -0.05) is 0 Å². The number of thiophene rings is 1. The van der Waals surface area contributed by atoms with E-state index in [1.807, 2.05) is 23.7 Å². The van der Waals surface area contributed by atoms with Crippen molar-refractivity contribution >= 4 is 22.4 Å². The lowest BCUT2D eigenvalue weighted by atomic mass is 10.1. The molecule has 0 bridgehead atoms. The first-order valence-electron chi connectivity index (χ1n) is 7.28. The van der Waals surface area contributed by atoms with Crippen LogP contribution in [-0.2, 0) is 0 Å². The quantitative estimate of drug-likeness (QED) is 0.609. The van der Waals surface area contributed by atoms with E-state index in [0.717, 1.165) is 32.8 Å². The molecule has 4 aromatic rings. The highest BCUT2D eigenvalue weighted by molar-refractivity contribution is 7.12. The average molecular weight is 335 g/mol. The van der Waals surface area contributed by atoms with Crippen molar-refractivity contribution < 1.29 is 9.84 Å². The van der Waals surface area contributed by atoms with Crippen molar-refractivity contribution in [2.45, 2.75) is 0 Å². The number of phenolic OH excluding ortho intramolecular Hbond substituents is 1. The molecular formula is C18H13N3O2S. The molecule has 0 radical (unpaired) electrons. The summed E-state index contributed by atoms with van der Waals surface area (Å²) in [7, 11) is 1.66. The second-order valence-electron chi connectivity index (χ2n) is 5.23. The maximum absolute atomic E-state index is 9.40. The van der Waals surface area contributed by atoms with Gasteiger partial charge in [-0.15, -0.1) is 11.3 Å². The number of aromatic hydroxyl groups is 1. The van der Waals surface area contributed by atoms with Gasteiger partial charge in [0.2, 0.25) is 0 Å². The van der Waals surface area contributed by atoms with Gasteiger partial charge in [-0.2, -0.15) is 0 Å². The summed E-state index contributed by atoms with van der Waals surface area (Å²) < 4.78 is 5.24. The molecule has 0 amide bonds. The highest BCUT2D eigenvalue weighted by Gasteiger charge is 2.08. The molecule has 0 fully saturated rings. The van der Waals surface area contributed by atoms with Gasteiger partial charge in [-0.3, -0.25) is 4.98 Å². The molecule has 3 aromatic heterocycles. The normalized spacial score (nSPS) is 10.9. The van der Waals surface area contributed by atoms with E-state index in [2.05, 4.69) is 15.0 Å². The zero-order chi connectivity index (χ0) is 16.5. The molecule has 0 saturated heterocycles. The number of methoxy groups -OCH3 is 1. The number of ether oxygens (including phenoxy) is 1. The van der Waals surface area contributed by atoms with Gasteiger partial charge in [-0.25, -0.2) is 9.97 Å². The number of hydrogen-bond donors (Lipinski definition) is 1. The van der Waals surface area contributed by atoms with Crippen LogP contribution in [0.5, 0.6) is 10.8 Å². The van der Waals surface area contributed by atoms with Crippen LogP contribution in [-0.4, -0.2) is 27.2 Å². The monoisotopic (exact) mass is 335 g/mol. The van der Waals surface area contributed by atoms with Crippen LogP contribution in [0.4, 0.5) is 0 Å². The number of fused-ring (bicyclic) bond motifs is 1. The Morgan fingerprint density at radius 1 is 0.917 bits per heavy atom. The second-order valence-corrected chi connectivity index (χ2v) is 6.10. The molecule has 3 heterocycles. The van der Waals surface area contributed by atoms with Crippen LogP contribution in [0.2, 0.25) is 0 Å². The number of nitrogens with zero attached hydrogens (tertiary/aromatic N) is 3. The minimum atomic E-state index is 0.217. The largest absolute Gasteiger partial charge is 0.508 e. The third-order valence-electron chi connectivity index (χ3n) is 3.67. The fraction of sp³-hybridized carbons (Fsp3) is 0.0556. The van der Waals surface area contributed by atoms with Gasteiger partial charge < -0.3 is 9.84 Å². The molecule has 0 saturated carbocycles. The minimum absolute atomic E-state index is 0.217. The highest BCUT2D eigenvalue weighted by Crippen LogP contribution is 2.31. The SMILES string of the molecule is COc1cc(-c2cnc3cnc(-c4ccc(O)cc4)nc3c2)cs1. The van der Waals surface area contributed by atoms with E-state index in [1.54, 1.807) is 48.9 Å². The van der Waals surface area contributed by atoms with Crippen molar-refractivity contribution in [2.75, 3.05) is 7.11 Å². The van der Waals surface area contributed by atoms with Crippen LogP contribution in [0.15, 0.2) is 54.2 Å². The van der Waals surface area contributed by atoms with Gasteiger partial charge in [0.25, 0.3) is 0 Å². The molecule has 4 rings (SSSR count). The molecule has 5 nitrogen and oxygen atoms in total. The lowest BCUT2D eigenvalue weighted by molar-refractivity contribution is 0.427. The predicted octanol–water partition coefficient (Wildman–Crippen LogP) is 4.13. The molecule has 0 spiro atoms. The van der Waals surface area contributed by atoms with E-state index in [-0.39, 0.29) is 5.75 Å². The van der Waals surface area contributed by atoms with Gasteiger partial charge >= 0.3 is 0 Å². The second kappa shape index (κ2) is 5.90. The molecule has 118 valence electrons. The predicted molar refractivity (Wildman–Crippen MR) is 94.3 cm³/mol. The topological polar surface area (TPSA) is 68.1 Å². The van der Waals surface area contributed by atoms with Crippen LogP contribution in [0.25, 0.3) is 33.5 Å². The summed E-state index contributed by atoms with van der Waals surface area (Å²) in [6.07, 6.45) is 3.52. The van der Waals surface area contributed by atoms with Gasteiger partial charge in [0.05, 0.1) is 18.8 Å². The Kier molecular flexibility index (Phi) is 3.59. The number of benzene rings is 1. The molecule has 0 unspecified atom stereocenters. The summed E-state index contributed by atoms with van der Waals surface area (Å²) in [5.74, 6) is 0.819. The molecule has 0 aliphatic carbocycles. The summed E-state index contributed by atoms with van der Waals surface area (Å²) in [5, 5.41) is 12.3. The first-order valence-corrected chi connectivity index (χ1v) is 8.16. The maximum atomic E-state index is 9.40. The fourth-order valence-corrected chi connectivity index (χ4v) is 3.14. The first kappa shape index (κ1) is 14.6. The van der Waals surface area contributed by atoms with Gasteiger partial charge in [0, 0.05) is 22.7 Å². The number of pyridine rings is 1. The fourth-order valence-electron chi connectivity index (χ4n) is 2.40. The van der Waals surface area contributed by atoms with Crippen LogP contribution in [0.1, 0.15) is 0 Å². The molecule has 6 heteroatoms. The van der Waals surface area contributed by atoms with Crippen LogP contribution in [0, 0.1) is 0 Å². The van der Waals surface area contributed by atoms with Crippen molar-refractivity contribution in [1.82, 2.24) is 15.0 Å². The standard InChI is InChI=1S/C18H13N3O2S/c1-23-17-7-13(10-24-17)12-6-15-16(19-8-12)9-20-18(21-15)11-2-4-14(22)5-3-11/h2-10,22H,1H3. The molecule has 1 aromatic carbocycles. The lowest BCUT2D eigenvalue weighted by Gasteiger charge is -2.04. The summed E-state index contributed by atoms with van der Waals surface area (Å²) in [4.78, 5) is 13.4. The Labute approximate surface area is 142 Å². The molecule has 1 N–H and O–H groups in total. The third kappa shape index (κ3) is 2.68. The summed E-state index contributed by atoms with van der Waals surface area (Å²) >= 11 is 1.54. The first-order chi connectivity index (χ1) is 11.7. The minimum Gasteiger partial charge on any atom is -0.508 e. The van der Waals surface area contributed by atoms with Gasteiger partial charge in [0.1, 0.15) is 11.3 Å². The Bertz CT molecular complexity index is 1010. The van der Waals surface area contributed by atoms with E-state index in [9.17, 15) is 5.11 Å². The van der Waals surface area contributed by atoms with E-state index in [1.165, 1.54) is 0 Å². The van der Waals surface area contributed by atoms with Crippen LogP contribution in [0.3, 0.4) is 0 Å². The van der Waals surface area contributed by atoms with Crippen LogP contribution >= 0.6 is 11.3 Å². The molecular weight excluding hydrogens is 322 g/mol. The number of phenols is 1. The van der Waals surface area contributed by atoms with Crippen molar-refractivity contribution in [3.8, 4) is 33.3 Å². The van der Waals surface area contributed by atoms with Crippen molar-refractivity contribution in [3.05, 3.63) is 54.2 Å². The van der Waals surface area contributed by atoms with Gasteiger partial charge in [0.15, 0.2) is 10.9 Å². The Morgan fingerprint density at radius 3 is 2.50 bits per heavy atom. The van der Waals surface area contributed by atoms with E-state index < -0.39 is 0 Å². The number of rotatable bonds is 3. The van der Waals surface area contributed by atoms with Crippen LogP contribution < -0.4 is 4.74 Å². The van der Waals surface area contributed by atoms with Gasteiger partial charge in [-0.05, 0) is 42.0 Å². The molecule has 24 heavy (non-hydrogen) atoms. The number of aromatic nitrogens is 3. The zero-order valence-electron chi connectivity index (χ0n) is 12.8. The van der Waals surface area contributed by atoms with Crippen molar-refractivity contribution in [2.24, 2.45) is 0 Å². The van der Waals surface area contributed by atoms with E-state index in [0.29, 0.717) is 5.82 Å². The Morgan fingerprint density at radius 2 is 1.75 bits per heavy atom. The molecule has 0 atom stereocenters. The van der Waals surface area contributed by atoms with Crippen molar-refractivity contribution in [3.63, 3.8) is 0 Å². The number of hydrogen-bond acceptors (Lipinski definition) is 6. The Balaban J connectivity index is 1.78. The molecule has 0 aliphatic rings. The smallest absolute Gasteiger partial charge is 0.173 e. The average Bonchev–Trinajstić information content (AvgIpc) is 3.11. The van der Waals surface area contributed by atoms with E-state index >= 15 is 0 Å². The van der Waals surface area contributed by atoms with E-state index in [4.69, 9.17) is 4.74 Å².